The molecule has 0 saturated carbocycles. The molecule has 2 N–H and O–H groups in total. The van der Waals surface area contributed by atoms with Crippen LogP contribution in [-0.4, -0.2) is 72.5 Å². The predicted octanol–water partition coefficient (Wildman–Crippen LogP) is 3.84. The number of ketones is 1. The second-order valence-corrected chi connectivity index (χ2v) is 10.1. The smallest absolute Gasteiger partial charge is 0.451 e. The molecule has 12 heteroatoms. The fourth-order valence-electron chi connectivity index (χ4n) is 4.72. The maximum absolute atomic E-state index is 13.7. The highest BCUT2D eigenvalue weighted by atomic mass is 19.4. The maximum atomic E-state index is 13.7. The summed E-state index contributed by atoms with van der Waals surface area (Å²) in [5.41, 5.74) is 1.29. The van der Waals surface area contributed by atoms with Crippen molar-refractivity contribution in [2.75, 3.05) is 19.6 Å². The molecule has 1 heterocycles. The third kappa shape index (κ3) is 9.15. The summed E-state index contributed by atoms with van der Waals surface area (Å²) in [6.07, 6.45) is -5.15. The Morgan fingerprint density at radius 1 is 0.930 bits per heavy atom. The Balaban J connectivity index is 2.02. The van der Waals surface area contributed by atoms with Crippen LogP contribution in [-0.2, 0) is 28.7 Å². The number of amides is 2. The summed E-state index contributed by atoms with van der Waals surface area (Å²) in [5.74, 6) is -4.65. The lowest BCUT2D eigenvalue weighted by Crippen LogP contribution is -2.63. The number of hydrogen-bond donors (Lipinski definition) is 2. The summed E-state index contributed by atoms with van der Waals surface area (Å²) in [6.45, 7) is 4.44. The van der Waals surface area contributed by atoms with Crippen LogP contribution in [0.1, 0.15) is 50.8 Å². The van der Waals surface area contributed by atoms with Crippen molar-refractivity contribution in [2.24, 2.45) is 0 Å². The normalized spacial score (nSPS) is 18.3. The standard InChI is InChI=1S/C31H36F3N3O6/c1-4-16-37(17-5-2)29(40)28-26(36-20(3)38)23(35-19-25(39)31(32,33)34)18-24(42-28)30(41)43-27(21-12-8-6-9-13-21)22-14-10-7-11-15-22/h6-15,18,23,26-28,35H,4-5,16-17,19H2,1-3H3,(H,36,38)/t23-,26+,28+/m0/s1. The molecule has 1 aliphatic rings. The van der Waals surface area contributed by atoms with Crippen molar-refractivity contribution >= 4 is 23.6 Å². The monoisotopic (exact) mass is 603 g/mol. The molecule has 3 rings (SSSR count). The molecule has 9 nitrogen and oxygen atoms in total. The summed E-state index contributed by atoms with van der Waals surface area (Å²) in [4.78, 5) is 52.7. The van der Waals surface area contributed by atoms with Crippen LogP contribution in [0.25, 0.3) is 0 Å². The van der Waals surface area contributed by atoms with Crippen molar-refractivity contribution in [3.05, 3.63) is 83.6 Å². The lowest BCUT2D eigenvalue weighted by atomic mass is 9.96. The molecule has 3 atom stereocenters. The average Bonchev–Trinajstić information content (AvgIpc) is 2.98. The van der Waals surface area contributed by atoms with Gasteiger partial charge in [-0.1, -0.05) is 74.5 Å². The van der Waals surface area contributed by atoms with Crippen LogP contribution >= 0.6 is 0 Å². The van der Waals surface area contributed by atoms with Gasteiger partial charge in [-0.25, -0.2) is 4.79 Å². The van der Waals surface area contributed by atoms with Gasteiger partial charge in [-0.3, -0.25) is 14.4 Å². The van der Waals surface area contributed by atoms with E-state index in [0.717, 1.165) is 6.08 Å². The van der Waals surface area contributed by atoms with Crippen LogP contribution < -0.4 is 10.6 Å². The number of halogens is 3. The third-order valence-electron chi connectivity index (χ3n) is 6.66. The zero-order chi connectivity index (χ0) is 31.6. The second kappa shape index (κ2) is 15.3. The predicted molar refractivity (Wildman–Crippen MR) is 151 cm³/mol. The summed E-state index contributed by atoms with van der Waals surface area (Å²) >= 11 is 0. The first kappa shape index (κ1) is 33.3. The van der Waals surface area contributed by atoms with Crippen LogP contribution in [0, 0.1) is 0 Å². The van der Waals surface area contributed by atoms with Crippen molar-refractivity contribution in [1.29, 1.82) is 0 Å². The van der Waals surface area contributed by atoms with Gasteiger partial charge >= 0.3 is 12.1 Å². The highest BCUT2D eigenvalue weighted by Gasteiger charge is 2.45. The van der Waals surface area contributed by atoms with E-state index in [9.17, 15) is 32.3 Å². The summed E-state index contributed by atoms with van der Waals surface area (Å²) in [6, 6.07) is 15.3. The molecule has 43 heavy (non-hydrogen) atoms. The summed E-state index contributed by atoms with van der Waals surface area (Å²) in [7, 11) is 0. The van der Waals surface area contributed by atoms with E-state index in [1.807, 2.05) is 13.8 Å². The minimum Gasteiger partial charge on any atom is -0.471 e. The van der Waals surface area contributed by atoms with Crippen LogP contribution in [0.15, 0.2) is 72.5 Å². The maximum Gasteiger partial charge on any atom is 0.451 e. The van der Waals surface area contributed by atoms with Gasteiger partial charge in [0.05, 0.1) is 18.6 Å². The molecule has 1 aliphatic heterocycles. The van der Waals surface area contributed by atoms with E-state index >= 15 is 0 Å². The Bertz CT molecular complexity index is 1240. The molecule has 232 valence electrons. The van der Waals surface area contributed by atoms with Crippen molar-refractivity contribution in [3.8, 4) is 0 Å². The zero-order valence-corrected chi connectivity index (χ0v) is 24.2. The molecular weight excluding hydrogens is 567 g/mol. The molecule has 0 radical (unpaired) electrons. The fourth-order valence-corrected chi connectivity index (χ4v) is 4.72. The Labute approximate surface area is 248 Å². The van der Waals surface area contributed by atoms with Gasteiger partial charge in [0.1, 0.15) is 0 Å². The Kier molecular flexibility index (Phi) is 11.9. The number of nitrogens with zero attached hydrogens (tertiary/aromatic N) is 1. The van der Waals surface area contributed by atoms with Gasteiger partial charge in [0.25, 0.3) is 5.91 Å². The van der Waals surface area contributed by atoms with Gasteiger partial charge in [0.15, 0.2) is 12.2 Å². The third-order valence-corrected chi connectivity index (χ3v) is 6.66. The molecule has 2 aromatic rings. The van der Waals surface area contributed by atoms with Gasteiger partial charge in [0.2, 0.25) is 17.4 Å². The molecule has 0 spiro atoms. The van der Waals surface area contributed by atoms with E-state index in [4.69, 9.17) is 9.47 Å². The number of carbonyl (C=O) groups excluding carboxylic acids is 4. The van der Waals surface area contributed by atoms with Crippen LogP contribution in [0.2, 0.25) is 0 Å². The molecule has 0 aromatic heterocycles. The van der Waals surface area contributed by atoms with Crippen LogP contribution in [0.5, 0.6) is 0 Å². The van der Waals surface area contributed by atoms with E-state index in [1.165, 1.54) is 11.8 Å². The van der Waals surface area contributed by atoms with E-state index in [0.29, 0.717) is 37.1 Å². The minimum absolute atomic E-state index is 0.345. The number of alkyl halides is 3. The molecule has 2 amide bonds. The lowest BCUT2D eigenvalue weighted by Gasteiger charge is -2.39. The van der Waals surface area contributed by atoms with Crippen molar-refractivity contribution in [2.45, 2.75) is 64.1 Å². The van der Waals surface area contributed by atoms with E-state index in [-0.39, 0.29) is 0 Å². The van der Waals surface area contributed by atoms with Gasteiger partial charge in [-0.15, -0.1) is 0 Å². The molecule has 0 bridgehead atoms. The molecule has 0 fully saturated rings. The first-order chi connectivity index (χ1) is 20.5. The first-order valence-electron chi connectivity index (χ1n) is 14.0. The molecular formula is C31H36F3N3O6. The number of ether oxygens (including phenoxy) is 2. The van der Waals surface area contributed by atoms with E-state index < -0.39 is 66.3 Å². The number of esters is 1. The number of hydrogen-bond acceptors (Lipinski definition) is 7. The highest BCUT2D eigenvalue weighted by molar-refractivity contribution is 5.90. The number of Topliss-reactive ketones (excluding diaryl/α,β-unsaturated/α-hetero) is 1. The second-order valence-electron chi connectivity index (χ2n) is 10.1. The minimum atomic E-state index is -5.11. The van der Waals surface area contributed by atoms with Gasteiger partial charge in [-0.2, -0.15) is 13.2 Å². The van der Waals surface area contributed by atoms with Gasteiger partial charge in [-0.05, 0) is 30.0 Å². The number of nitrogens with one attached hydrogen (secondary N) is 2. The quantitative estimate of drug-likeness (QED) is 0.335. The van der Waals surface area contributed by atoms with Gasteiger partial charge in [0, 0.05) is 20.0 Å². The van der Waals surface area contributed by atoms with Crippen molar-refractivity contribution in [3.63, 3.8) is 0 Å². The molecule has 0 unspecified atom stereocenters. The SMILES string of the molecule is CCCN(CCC)C(=O)[C@@H]1OC(C(=O)OC(c2ccccc2)c2ccccc2)=C[C@H](NCC(=O)C(F)(F)F)[C@H]1NC(C)=O. The average molecular weight is 604 g/mol. The number of rotatable bonds is 13. The van der Waals surface area contributed by atoms with E-state index in [2.05, 4.69) is 10.6 Å². The topological polar surface area (TPSA) is 114 Å². The van der Waals surface area contributed by atoms with E-state index in [1.54, 1.807) is 60.7 Å². The summed E-state index contributed by atoms with van der Waals surface area (Å²) in [5, 5.41) is 5.01. The highest BCUT2D eigenvalue weighted by Crippen LogP contribution is 2.29. The number of benzene rings is 2. The first-order valence-corrected chi connectivity index (χ1v) is 14.0. The van der Waals surface area contributed by atoms with Crippen LogP contribution in [0.4, 0.5) is 13.2 Å². The molecule has 0 saturated heterocycles. The largest absolute Gasteiger partial charge is 0.471 e. The number of carbonyl (C=O) groups is 4. The fraction of sp³-hybridized carbons (Fsp3) is 0.419. The Morgan fingerprint density at radius 3 is 1.93 bits per heavy atom. The zero-order valence-electron chi connectivity index (χ0n) is 24.2. The lowest BCUT2D eigenvalue weighted by molar-refractivity contribution is -0.170. The Morgan fingerprint density at radius 2 is 1.47 bits per heavy atom. The van der Waals surface area contributed by atoms with Gasteiger partial charge < -0.3 is 25.0 Å². The van der Waals surface area contributed by atoms with Crippen molar-refractivity contribution in [1.82, 2.24) is 15.5 Å². The van der Waals surface area contributed by atoms with Crippen LogP contribution in [0.3, 0.4) is 0 Å². The summed E-state index contributed by atoms with van der Waals surface area (Å²) < 4.78 is 50.9. The molecule has 0 aliphatic carbocycles. The molecule has 2 aromatic carbocycles. The van der Waals surface area contributed by atoms with Crippen molar-refractivity contribution < 1.29 is 41.8 Å². The Hall–Kier alpha value is -4.19.